The van der Waals surface area contributed by atoms with Gasteiger partial charge in [0.25, 0.3) is 0 Å². The van der Waals surface area contributed by atoms with Gasteiger partial charge in [-0.2, -0.15) is 0 Å². The summed E-state index contributed by atoms with van der Waals surface area (Å²) in [7, 11) is 0. The topological polar surface area (TPSA) is 39.2 Å². The van der Waals surface area contributed by atoms with Crippen LogP contribution in [-0.2, 0) is 6.42 Å². The number of rotatable bonds is 4. The average Bonchev–Trinajstić information content (AvgIpc) is 2.62. The minimum Gasteiger partial charge on any atom is -0.464 e. The Morgan fingerprint density at radius 1 is 1.33 bits per heavy atom. The molecule has 0 aliphatic heterocycles. The Balaban J connectivity index is 2.08. The van der Waals surface area contributed by atoms with Crippen LogP contribution >= 0.6 is 0 Å². The third kappa shape index (κ3) is 2.39. The summed E-state index contributed by atoms with van der Waals surface area (Å²) in [6, 6.07) is 8.46. The van der Waals surface area contributed by atoms with Gasteiger partial charge in [-0.25, -0.2) is 0 Å². The summed E-state index contributed by atoms with van der Waals surface area (Å²) in [5.41, 5.74) is 8.00. The average molecular weight is 203 g/mol. The molecule has 0 aliphatic rings. The van der Waals surface area contributed by atoms with Crippen LogP contribution in [-0.4, -0.2) is 6.04 Å². The molecular weight excluding hydrogens is 186 g/mol. The fraction of sp³-hybridized carbons (Fsp3) is 0.385. The Morgan fingerprint density at radius 3 is 2.93 bits per heavy atom. The predicted octanol–water partition coefficient (Wildman–Crippen LogP) is 3.10. The van der Waals surface area contributed by atoms with Crippen LogP contribution < -0.4 is 5.73 Å². The molecule has 0 aliphatic carbocycles. The second kappa shape index (κ2) is 4.49. The van der Waals surface area contributed by atoms with E-state index in [0.717, 1.165) is 24.8 Å². The number of furan rings is 1. The van der Waals surface area contributed by atoms with Crippen molar-refractivity contribution in [3.05, 3.63) is 36.1 Å². The maximum Gasteiger partial charge on any atom is 0.134 e. The normalized spacial score (nSPS) is 13.2. The molecule has 2 heteroatoms. The molecule has 0 amide bonds. The summed E-state index contributed by atoms with van der Waals surface area (Å²) >= 11 is 0. The number of nitrogens with two attached hydrogens (primary N) is 1. The van der Waals surface area contributed by atoms with Gasteiger partial charge in [0.1, 0.15) is 5.58 Å². The predicted molar refractivity (Wildman–Crippen MR) is 62.8 cm³/mol. The van der Waals surface area contributed by atoms with Gasteiger partial charge >= 0.3 is 0 Å². The van der Waals surface area contributed by atoms with Crippen molar-refractivity contribution < 1.29 is 4.42 Å². The van der Waals surface area contributed by atoms with Crippen LogP contribution in [0.1, 0.15) is 25.3 Å². The van der Waals surface area contributed by atoms with Crippen LogP contribution in [0.15, 0.2) is 34.9 Å². The van der Waals surface area contributed by atoms with Gasteiger partial charge in [-0.05, 0) is 37.8 Å². The highest BCUT2D eigenvalue weighted by Crippen LogP contribution is 2.22. The molecule has 2 aromatic rings. The summed E-state index contributed by atoms with van der Waals surface area (Å²) in [6.07, 6.45) is 5.12. The van der Waals surface area contributed by atoms with Gasteiger partial charge in [0.15, 0.2) is 0 Å². The van der Waals surface area contributed by atoms with E-state index < -0.39 is 0 Å². The second-order valence-electron chi connectivity index (χ2n) is 4.13. The van der Waals surface area contributed by atoms with Crippen LogP contribution in [0.5, 0.6) is 0 Å². The molecule has 15 heavy (non-hydrogen) atoms. The van der Waals surface area contributed by atoms with E-state index in [-0.39, 0.29) is 0 Å². The molecule has 0 spiro atoms. The molecule has 1 aromatic heterocycles. The summed E-state index contributed by atoms with van der Waals surface area (Å²) < 4.78 is 5.48. The van der Waals surface area contributed by atoms with Crippen LogP contribution in [0.25, 0.3) is 11.0 Å². The third-order valence-corrected chi connectivity index (χ3v) is 2.67. The lowest BCUT2D eigenvalue weighted by Gasteiger charge is -2.02. The van der Waals surface area contributed by atoms with E-state index in [2.05, 4.69) is 6.07 Å². The summed E-state index contributed by atoms with van der Waals surface area (Å²) in [6.45, 7) is 2.05. The van der Waals surface area contributed by atoms with Gasteiger partial charge in [-0.1, -0.05) is 18.2 Å². The Bertz CT molecular complexity index is 431. The first-order chi connectivity index (χ1) is 7.27. The maximum atomic E-state index is 5.72. The molecule has 1 aromatic carbocycles. The first-order valence-electron chi connectivity index (χ1n) is 5.48. The lowest BCUT2D eigenvalue weighted by atomic mass is 10.1. The Labute approximate surface area is 90.1 Å². The molecule has 0 radical (unpaired) electrons. The van der Waals surface area contributed by atoms with Gasteiger partial charge in [-0.15, -0.1) is 0 Å². The molecule has 2 N–H and O–H groups in total. The van der Waals surface area contributed by atoms with Gasteiger partial charge in [0.05, 0.1) is 6.26 Å². The first-order valence-corrected chi connectivity index (χ1v) is 5.48. The highest BCUT2D eigenvalue weighted by Gasteiger charge is 2.04. The van der Waals surface area contributed by atoms with E-state index in [1.54, 1.807) is 0 Å². The molecule has 0 saturated carbocycles. The number of fused-ring (bicyclic) bond motifs is 1. The van der Waals surface area contributed by atoms with Crippen molar-refractivity contribution in [2.24, 2.45) is 5.73 Å². The fourth-order valence-corrected chi connectivity index (χ4v) is 1.84. The smallest absolute Gasteiger partial charge is 0.134 e. The molecule has 0 fully saturated rings. The van der Waals surface area contributed by atoms with Gasteiger partial charge in [-0.3, -0.25) is 0 Å². The largest absolute Gasteiger partial charge is 0.464 e. The van der Waals surface area contributed by atoms with Crippen molar-refractivity contribution in [2.45, 2.75) is 32.2 Å². The van der Waals surface area contributed by atoms with Crippen LogP contribution in [0.2, 0.25) is 0 Å². The molecule has 1 unspecified atom stereocenters. The zero-order valence-electron chi connectivity index (χ0n) is 9.07. The summed E-state index contributed by atoms with van der Waals surface area (Å²) in [5.74, 6) is 0. The van der Waals surface area contributed by atoms with Gasteiger partial charge in [0, 0.05) is 11.4 Å². The van der Waals surface area contributed by atoms with E-state index in [4.69, 9.17) is 10.2 Å². The highest BCUT2D eigenvalue weighted by molar-refractivity contribution is 5.80. The standard InChI is InChI=1S/C13H17NO/c1-10(14)5-4-6-11-9-15-13-8-3-2-7-12(11)13/h2-3,7-10H,4-6,14H2,1H3. The minimum absolute atomic E-state index is 0.295. The van der Waals surface area contributed by atoms with E-state index >= 15 is 0 Å². The molecule has 2 rings (SSSR count). The van der Waals surface area contributed by atoms with E-state index in [1.165, 1.54) is 10.9 Å². The van der Waals surface area contributed by atoms with Crippen LogP contribution in [0.4, 0.5) is 0 Å². The number of hydrogen-bond donors (Lipinski definition) is 1. The SMILES string of the molecule is CC(N)CCCc1coc2ccccc12. The van der Waals surface area contributed by atoms with Crippen LogP contribution in [0, 0.1) is 0 Å². The lowest BCUT2D eigenvalue weighted by molar-refractivity contribution is 0.597. The van der Waals surface area contributed by atoms with Crippen molar-refractivity contribution in [1.29, 1.82) is 0 Å². The fourth-order valence-electron chi connectivity index (χ4n) is 1.84. The number of aryl methyl sites for hydroxylation is 1. The molecule has 0 bridgehead atoms. The zero-order valence-corrected chi connectivity index (χ0v) is 9.07. The molecule has 0 saturated heterocycles. The molecule has 2 nitrogen and oxygen atoms in total. The molecular formula is C13H17NO. The highest BCUT2D eigenvalue weighted by atomic mass is 16.3. The lowest BCUT2D eigenvalue weighted by Crippen LogP contribution is -2.14. The number of benzene rings is 1. The molecule has 1 atom stereocenters. The second-order valence-corrected chi connectivity index (χ2v) is 4.13. The minimum atomic E-state index is 0.295. The third-order valence-electron chi connectivity index (χ3n) is 2.67. The number of para-hydroxylation sites is 1. The zero-order chi connectivity index (χ0) is 10.7. The molecule has 80 valence electrons. The van der Waals surface area contributed by atoms with Crippen molar-refractivity contribution in [3.63, 3.8) is 0 Å². The summed E-state index contributed by atoms with van der Waals surface area (Å²) in [5, 5.41) is 1.24. The Hall–Kier alpha value is -1.28. The monoisotopic (exact) mass is 203 g/mol. The Morgan fingerprint density at radius 2 is 2.13 bits per heavy atom. The van der Waals surface area contributed by atoms with Gasteiger partial charge in [0.2, 0.25) is 0 Å². The van der Waals surface area contributed by atoms with E-state index in [1.807, 2.05) is 31.4 Å². The quantitative estimate of drug-likeness (QED) is 0.829. The van der Waals surface area contributed by atoms with Crippen LogP contribution in [0.3, 0.4) is 0 Å². The van der Waals surface area contributed by atoms with E-state index in [0.29, 0.717) is 6.04 Å². The maximum absolute atomic E-state index is 5.72. The first kappa shape index (κ1) is 10.2. The van der Waals surface area contributed by atoms with Crippen molar-refractivity contribution in [3.8, 4) is 0 Å². The number of hydrogen-bond acceptors (Lipinski definition) is 2. The van der Waals surface area contributed by atoms with E-state index in [9.17, 15) is 0 Å². The summed E-state index contributed by atoms with van der Waals surface area (Å²) in [4.78, 5) is 0. The van der Waals surface area contributed by atoms with Crippen molar-refractivity contribution in [1.82, 2.24) is 0 Å². The molecule has 1 heterocycles. The van der Waals surface area contributed by atoms with Crippen molar-refractivity contribution >= 4 is 11.0 Å². The van der Waals surface area contributed by atoms with Crippen molar-refractivity contribution in [2.75, 3.05) is 0 Å². The van der Waals surface area contributed by atoms with Gasteiger partial charge < -0.3 is 10.2 Å². The Kier molecular flexibility index (Phi) is 3.07.